The molecule has 0 aromatic heterocycles. The van der Waals surface area contributed by atoms with E-state index in [-0.39, 0.29) is 12.6 Å². The Balaban J connectivity index is 4.91. The zero-order valence-corrected chi connectivity index (χ0v) is 14.5. The lowest BCUT2D eigenvalue weighted by molar-refractivity contribution is -0.159. The Hall–Kier alpha value is -0.510. The molecule has 21 heavy (non-hydrogen) atoms. The summed E-state index contributed by atoms with van der Waals surface area (Å²) in [5.74, 6) is -0.283. The van der Waals surface area contributed by atoms with Gasteiger partial charge in [0.25, 0.3) is 0 Å². The number of unbranched alkanes of at least 4 members (excludes halogenated alkanes) is 3. The predicted octanol–water partition coefficient (Wildman–Crippen LogP) is 4.36. The molecule has 0 aliphatic heterocycles. The molecule has 0 aromatic carbocycles. The Morgan fingerprint density at radius 2 is 1.57 bits per heavy atom. The normalized spacial score (nSPS) is 12.3. The van der Waals surface area contributed by atoms with Gasteiger partial charge in [-0.05, 0) is 19.3 Å². The zero-order chi connectivity index (χ0) is 16.1. The maximum absolute atomic E-state index is 12.5. The quantitative estimate of drug-likeness (QED) is 0.310. The average molecular weight is 321 g/mol. The van der Waals surface area contributed by atoms with Crippen molar-refractivity contribution in [2.75, 3.05) is 13.2 Å². The molecule has 0 amide bonds. The van der Waals surface area contributed by atoms with E-state index in [0.717, 1.165) is 38.5 Å². The van der Waals surface area contributed by atoms with Crippen LogP contribution in [0.2, 0.25) is 0 Å². The van der Waals surface area contributed by atoms with Crippen LogP contribution in [-0.4, -0.2) is 24.1 Å². The molecule has 0 heterocycles. The van der Waals surface area contributed by atoms with Crippen molar-refractivity contribution in [2.24, 2.45) is 5.41 Å². The topological polar surface area (TPSA) is 72.8 Å². The largest absolute Gasteiger partial charge is 0.694 e. The van der Waals surface area contributed by atoms with Crippen molar-refractivity contribution in [3.8, 4) is 0 Å². The molecule has 0 aliphatic carbocycles. The second-order valence-corrected chi connectivity index (χ2v) is 6.22. The number of hydrogen-bond donors (Lipinski definition) is 1. The molecular weight excluding hydrogens is 291 g/mol. The molecule has 6 heteroatoms. The number of esters is 1. The van der Waals surface area contributed by atoms with Crippen LogP contribution in [0, 0.1) is 5.41 Å². The monoisotopic (exact) mass is 321 g/mol. The lowest BCUT2D eigenvalue weighted by Gasteiger charge is -2.29. The van der Waals surface area contributed by atoms with Gasteiger partial charge in [0.05, 0.1) is 12.0 Å². The number of carbonyl (C=O) groups excluding carboxylic acids is 1. The minimum Gasteiger partial charge on any atom is -0.465 e. The Morgan fingerprint density at radius 1 is 1.05 bits per heavy atom. The van der Waals surface area contributed by atoms with Crippen molar-refractivity contribution < 1.29 is 23.5 Å². The van der Waals surface area contributed by atoms with Crippen LogP contribution in [0.25, 0.3) is 0 Å². The van der Waals surface area contributed by atoms with Crippen LogP contribution in [0.1, 0.15) is 72.1 Å². The molecule has 124 valence electrons. The maximum atomic E-state index is 12.5. The predicted molar refractivity (Wildman–Crippen MR) is 83.1 cm³/mol. The van der Waals surface area contributed by atoms with E-state index in [1.165, 1.54) is 0 Å². The third kappa shape index (κ3) is 8.50. The first kappa shape index (κ1) is 20.5. The number of ether oxygens (including phenoxy) is 1. The molecular formula is C15H30O5P+. The molecule has 0 bridgehead atoms. The second kappa shape index (κ2) is 12.1. The van der Waals surface area contributed by atoms with Gasteiger partial charge in [-0.3, -0.25) is 4.79 Å². The van der Waals surface area contributed by atoms with Gasteiger partial charge in [-0.25, -0.2) is 0 Å². The van der Waals surface area contributed by atoms with E-state index in [4.69, 9.17) is 14.2 Å². The molecule has 0 saturated heterocycles. The molecule has 0 aromatic rings. The van der Waals surface area contributed by atoms with E-state index in [1.807, 2.05) is 6.92 Å². The summed E-state index contributed by atoms with van der Waals surface area (Å²) in [4.78, 5) is 21.4. The lowest BCUT2D eigenvalue weighted by atomic mass is 9.79. The lowest BCUT2D eigenvalue weighted by Crippen LogP contribution is -2.37. The van der Waals surface area contributed by atoms with Gasteiger partial charge in [0, 0.05) is 4.57 Å². The summed E-state index contributed by atoms with van der Waals surface area (Å²) in [6, 6.07) is 0. The Labute approximate surface area is 129 Å². The number of hydrogen-bond acceptors (Lipinski definition) is 4. The van der Waals surface area contributed by atoms with Crippen LogP contribution in [0.5, 0.6) is 0 Å². The van der Waals surface area contributed by atoms with Gasteiger partial charge >= 0.3 is 14.2 Å². The van der Waals surface area contributed by atoms with E-state index >= 15 is 0 Å². The molecule has 1 N–H and O–H groups in total. The first-order chi connectivity index (χ1) is 10.0. The van der Waals surface area contributed by atoms with Crippen LogP contribution in [0.4, 0.5) is 0 Å². The van der Waals surface area contributed by atoms with Crippen LogP contribution < -0.4 is 0 Å². The van der Waals surface area contributed by atoms with Gasteiger partial charge in [-0.1, -0.05) is 52.9 Å². The van der Waals surface area contributed by atoms with Crippen molar-refractivity contribution in [2.45, 2.75) is 72.1 Å². The fraction of sp³-hybridized carbons (Fsp3) is 0.933. The van der Waals surface area contributed by atoms with Gasteiger partial charge in [0.2, 0.25) is 0 Å². The van der Waals surface area contributed by atoms with Crippen LogP contribution in [-0.2, 0) is 18.6 Å². The maximum Gasteiger partial charge on any atom is 0.694 e. The van der Waals surface area contributed by atoms with E-state index < -0.39 is 13.7 Å². The van der Waals surface area contributed by atoms with Gasteiger partial charge in [-0.15, -0.1) is 9.42 Å². The van der Waals surface area contributed by atoms with Gasteiger partial charge in [0.15, 0.2) is 0 Å². The van der Waals surface area contributed by atoms with E-state index in [2.05, 4.69) is 13.8 Å². The van der Waals surface area contributed by atoms with Crippen LogP contribution in [0.3, 0.4) is 0 Å². The number of rotatable bonds is 13. The van der Waals surface area contributed by atoms with Crippen molar-refractivity contribution in [3.63, 3.8) is 0 Å². The Bertz CT molecular complexity index is 298. The van der Waals surface area contributed by atoms with Crippen molar-refractivity contribution >= 4 is 14.2 Å². The summed E-state index contributed by atoms with van der Waals surface area (Å²) in [5.41, 5.74) is -0.784. The minimum atomic E-state index is -2.69. The highest BCUT2D eigenvalue weighted by atomic mass is 31.1. The highest BCUT2D eigenvalue weighted by Gasteiger charge is 2.42. The van der Waals surface area contributed by atoms with E-state index in [0.29, 0.717) is 19.4 Å². The molecule has 1 atom stereocenters. The van der Waals surface area contributed by atoms with E-state index in [9.17, 15) is 9.36 Å². The Morgan fingerprint density at radius 3 is 2.00 bits per heavy atom. The molecule has 0 rings (SSSR count). The van der Waals surface area contributed by atoms with Gasteiger partial charge in [-0.2, -0.15) is 0 Å². The van der Waals surface area contributed by atoms with Crippen LogP contribution >= 0.6 is 8.25 Å². The summed E-state index contributed by atoms with van der Waals surface area (Å²) in [6.07, 6.45) is 6.73. The third-order valence-corrected chi connectivity index (χ3v) is 3.98. The highest BCUT2D eigenvalue weighted by Crippen LogP contribution is 2.36. The summed E-state index contributed by atoms with van der Waals surface area (Å²) in [7, 11) is -2.69. The minimum absolute atomic E-state index is 0.0380. The number of carbonyl (C=O) groups is 1. The Kier molecular flexibility index (Phi) is 11.8. The zero-order valence-electron chi connectivity index (χ0n) is 13.6. The molecule has 0 spiro atoms. The summed E-state index contributed by atoms with van der Waals surface area (Å²) in [6.45, 7) is 6.51. The van der Waals surface area contributed by atoms with Crippen molar-refractivity contribution in [3.05, 3.63) is 0 Å². The van der Waals surface area contributed by atoms with Crippen molar-refractivity contribution in [1.29, 1.82) is 0 Å². The van der Waals surface area contributed by atoms with Gasteiger partial charge < -0.3 is 4.74 Å². The fourth-order valence-corrected chi connectivity index (χ4v) is 2.56. The molecule has 5 nitrogen and oxygen atoms in total. The average Bonchev–Trinajstić information content (AvgIpc) is 2.47. The summed E-state index contributed by atoms with van der Waals surface area (Å²) < 4.78 is 21.1. The van der Waals surface area contributed by atoms with Crippen LogP contribution in [0.15, 0.2) is 0 Å². The summed E-state index contributed by atoms with van der Waals surface area (Å²) in [5, 5.41) is 0. The molecule has 1 unspecified atom stereocenters. The fourth-order valence-electron chi connectivity index (χ4n) is 2.20. The highest BCUT2D eigenvalue weighted by molar-refractivity contribution is 7.32. The molecule has 0 aliphatic rings. The van der Waals surface area contributed by atoms with Gasteiger partial charge in [0.1, 0.15) is 6.61 Å². The SMILES string of the molecule is CCCCOC(=O)C(CCCC)(CCCC)CO[P+](=O)O. The third-order valence-electron chi connectivity index (χ3n) is 3.63. The summed E-state index contributed by atoms with van der Waals surface area (Å²) >= 11 is 0. The molecule has 0 radical (unpaired) electrons. The molecule has 0 saturated carbocycles. The smallest absolute Gasteiger partial charge is 0.465 e. The first-order valence-corrected chi connectivity index (χ1v) is 9.11. The van der Waals surface area contributed by atoms with E-state index in [1.54, 1.807) is 0 Å². The van der Waals surface area contributed by atoms with Crippen molar-refractivity contribution in [1.82, 2.24) is 0 Å². The second-order valence-electron chi connectivity index (χ2n) is 5.49. The first-order valence-electron chi connectivity index (χ1n) is 7.98. The molecule has 0 fully saturated rings. The standard InChI is InChI=1S/C15H29O5P/c1-4-7-10-15(11-8-5-2,13-20-21(17)18)14(16)19-12-9-6-3/h4-13H2,1-3H3/p+1.